The average molecular weight is 832 g/mol. The average Bonchev–Trinajstić information content (AvgIpc) is 3.24. The maximum absolute atomic E-state index is 12.8. The van der Waals surface area contributed by atoms with Crippen molar-refractivity contribution in [2.75, 3.05) is 46.1 Å². The van der Waals surface area contributed by atoms with Crippen LogP contribution in [0.4, 0.5) is 0 Å². The predicted molar refractivity (Wildman–Crippen MR) is 246 cm³/mol. The van der Waals surface area contributed by atoms with Crippen LogP contribution in [-0.2, 0) is 33.3 Å². The molecule has 1 fully saturated rings. The Bertz CT molecular complexity index is 969. The summed E-state index contributed by atoms with van der Waals surface area (Å²) in [6, 6.07) is 0. The van der Waals surface area contributed by atoms with Crippen LogP contribution in [0.3, 0.4) is 0 Å². The van der Waals surface area contributed by atoms with E-state index in [1.807, 2.05) is 0 Å². The Morgan fingerprint density at radius 2 is 0.864 bits per heavy atom. The summed E-state index contributed by atoms with van der Waals surface area (Å²) < 4.78 is 22.4. The van der Waals surface area contributed by atoms with Gasteiger partial charge in [-0.05, 0) is 115 Å². The number of allylic oxidation sites excluding steroid dienone is 4. The van der Waals surface area contributed by atoms with Gasteiger partial charge in [-0.3, -0.25) is 19.3 Å². The lowest BCUT2D eigenvalue weighted by atomic mass is 10.0. The zero-order chi connectivity index (χ0) is 42.9. The van der Waals surface area contributed by atoms with Crippen molar-refractivity contribution in [1.29, 1.82) is 0 Å². The van der Waals surface area contributed by atoms with Crippen LogP contribution in [-0.4, -0.2) is 75.0 Å². The SMILES string of the molecule is CCC(CC)COC(=O)CCCCC=CCCCCCCCCC(CCCCCCCCC=CCCCCC(=O)OCC(CC)CC)OC(=O)CCCN1CCOCC1. The molecule has 0 atom stereocenters. The quantitative estimate of drug-likeness (QED) is 0.0260. The molecule has 8 nitrogen and oxygen atoms in total. The molecule has 0 aromatic heterocycles. The monoisotopic (exact) mass is 832 g/mol. The number of rotatable bonds is 41. The van der Waals surface area contributed by atoms with Crippen molar-refractivity contribution in [3.63, 3.8) is 0 Å². The number of nitrogens with zero attached hydrogens (tertiary/aromatic N) is 1. The Morgan fingerprint density at radius 1 is 0.492 bits per heavy atom. The van der Waals surface area contributed by atoms with E-state index in [4.69, 9.17) is 18.9 Å². The minimum absolute atomic E-state index is 0.0191. The summed E-state index contributed by atoms with van der Waals surface area (Å²) in [5.41, 5.74) is 0. The fraction of sp³-hybridized carbons (Fsp3) is 0.863. The molecule has 344 valence electrons. The highest BCUT2D eigenvalue weighted by Gasteiger charge is 2.16. The summed E-state index contributed by atoms with van der Waals surface area (Å²) in [6.07, 6.45) is 40.9. The highest BCUT2D eigenvalue weighted by molar-refractivity contribution is 5.70. The molecule has 0 aromatic carbocycles. The van der Waals surface area contributed by atoms with E-state index < -0.39 is 0 Å². The molecule has 0 amide bonds. The number of hydrogen-bond donors (Lipinski definition) is 0. The van der Waals surface area contributed by atoms with E-state index >= 15 is 0 Å². The molecule has 0 bridgehead atoms. The molecule has 8 heteroatoms. The molecule has 0 aliphatic carbocycles. The van der Waals surface area contributed by atoms with Crippen LogP contribution in [0, 0.1) is 11.8 Å². The van der Waals surface area contributed by atoms with Gasteiger partial charge >= 0.3 is 17.9 Å². The number of carbonyl (C=O) groups excluding carboxylic acids is 3. The third-order valence-corrected chi connectivity index (χ3v) is 12.2. The topological polar surface area (TPSA) is 91.4 Å². The number of unbranched alkanes of at least 4 members (excludes halogenated alkanes) is 16. The summed E-state index contributed by atoms with van der Waals surface area (Å²) in [7, 11) is 0. The fourth-order valence-corrected chi connectivity index (χ4v) is 7.61. The van der Waals surface area contributed by atoms with E-state index in [1.165, 1.54) is 64.2 Å². The molecule has 1 saturated heterocycles. The molecule has 1 aliphatic heterocycles. The Morgan fingerprint density at radius 3 is 1.29 bits per heavy atom. The Kier molecular flexibility index (Phi) is 38.3. The highest BCUT2D eigenvalue weighted by Crippen LogP contribution is 2.19. The highest BCUT2D eigenvalue weighted by atomic mass is 16.5. The van der Waals surface area contributed by atoms with Gasteiger partial charge in [-0.15, -0.1) is 0 Å². The molecule has 0 radical (unpaired) electrons. The molecule has 0 aromatic rings. The zero-order valence-corrected chi connectivity index (χ0v) is 39.0. The second kappa shape index (κ2) is 41.2. The van der Waals surface area contributed by atoms with E-state index in [2.05, 4.69) is 56.9 Å². The lowest BCUT2D eigenvalue weighted by Gasteiger charge is -2.26. The molecule has 1 heterocycles. The van der Waals surface area contributed by atoms with E-state index in [9.17, 15) is 14.4 Å². The van der Waals surface area contributed by atoms with Gasteiger partial charge in [0.05, 0.1) is 26.4 Å². The number of carbonyl (C=O) groups is 3. The van der Waals surface area contributed by atoms with Crippen LogP contribution in [0.5, 0.6) is 0 Å². The largest absolute Gasteiger partial charge is 0.465 e. The van der Waals surface area contributed by atoms with Crippen LogP contribution in [0.2, 0.25) is 0 Å². The maximum atomic E-state index is 12.8. The first-order valence-corrected chi connectivity index (χ1v) is 25.0. The van der Waals surface area contributed by atoms with Crippen LogP contribution in [0.1, 0.15) is 220 Å². The van der Waals surface area contributed by atoms with Crippen molar-refractivity contribution in [2.24, 2.45) is 11.8 Å². The number of ether oxygens (including phenoxy) is 4. The van der Waals surface area contributed by atoms with E-state index in [0.717, 1.165) is 142 Å². The minimum atomic E-state index is -0.0429. The summed E-state index contributed by atoms with van der Waals surface area (Å²) in [6.45, 7) is 14.2. The van der Waals surface area contributed by atoms with Gasteiger partial charge in [0.1, 0.15) is 6.10 Å². The normalized spacial score (nSPS) is 14.2. The fourth-order valence-electron chi connectivity index (χ4n) is 7.61. The molecule has 0 saturated carbocycles. The van der Waals surface area contributed by atoms with Crippen molar-refractivity contribution >= 4 is 17.9 Å². The minimum Gasteiger partial charge on any atom is -0.465 e. The van der Waals surface area contributed by atoms with E-state index in [1.54, 1.807) is 0 Å². The van der Waals surface area contributed by atoms with Crippen molar-refractivity contribution < 1.29 is 33.3 Å². The summed E-state index contributed by atoms with van der Waals surface area (Å²) >= 11 is 0. The van der Waals surface area contributed by atoms with Crippen molar-refractivity contribution in [3.8, 4) is 0 Å². The van der Waals surface area contributed by atoms with Gasteiger partial charge in [-0.25, -0.2) is 0 Å². The first-order chi connectivity index (χ1) is 28.9. The number of esters is 3. The Hall–Kier alpha value is -2.19. The molecule has 1 aliphatic rings. The smallest absolute Gasteiger partial charge is 0.306 e. The second-order valence-electron chi connectivity index (χ2n) is 17.2. The summed E-state index contributed by atoms with van der Waals surface area (Å²) in [4.78, 5) is 39.1. The van der Waals surface area contributed by atoms with Crippen LogP contribution >= 0.6 is 0 Å². The van der Waals surface area contributed by atoms with Gasteiger partial charge in [-0.2, -0.15) is 0 Å². The lowest BCUT2D eigenvalue weighted by Crippen LogP contribution is -2.37. The lowest BCUT2D eigenvalue weighted by molar-refractivity contribution is -0.150. The van der Waals surface area contributed by atoms with Crippen molar-refractivity contribution in [3.05, 3.63) is 24.3 Å². The number of morpholine rings is 1. The summed E-state index contributed by atoms with van der Waals surface area (Å²) in [5.74, 6) is 0.888. The molecular weight excluding hydrogens is 739 g/mol. The van der Waals surface area contributed by atoms with E-state index in [-0.39, 0.29) is 24.0 Å². The molecule has 1 rings (SSSR count). The van der Waals surface area contributed by atoms with Gasteiger partial charge in [0.25, 0.3) is 0 Å². The number of hydrogen-bond acceptors (Lipinski definition) is 8. The second-order valence-corrected chi connectivity index (χ2v) is 17.2. The Balaban J connectivity index is 2.16. The molecular formula is C51H93NO7. The van der Waals surface area contributed by atoms with Gasteiger partial charge in [-0.1, -0.05) is 129 Å². The third-order valence-electron chi connectivity index (χ3n) is 12.2. The van der Waals surface area contributed by atoms with Gasteiger partial charge in [0.2, 0.25) is 0 Å². The standard InChI is InChI=1S/C51H93NO7/c1-5-46(6-2)44-57-49(53)36-31-27-23-19-15-11-9-13-17-21-25-29-34-48(59-51(55)38-33-39-52-40-42-56-43-41-52)35-30-26-22-18-14-10-12-16-20-24-28-32-37-50(54)58-45-47(7-3)8-4/h15-16,19-20,46-48H,5-14,17-18,21-45H2,1-4H3. The predicted octanol–water partition coefficient (Wildman–Crippen LogP) is 13.4. The first-order valence-electron chi connectivity index (χ1n) is 25.0. The summed E-state index contributed by atoms with van der Waals surface area (Å²) in [5, 5.41) is 0. The third kappa shape index (κ3) is 35.1. The molecule has 0 N–H and O–H groups in total. The van der Waals surface area contributed by atoms with Crippen LogP contribution < -0.4 is 0 Å². The van der Waals surface area contributed by atoms with E-state index in [0.29, 0.717) is 44.3 Å². The first kappa shape index (κ1) is 54.8. The Labute approximate surface area is 363 Å². The van der Waals surface area contributed by atoms with Crippen molar-refractivity contribution in [2.45, 2.75) is 226 Å². The maximum Gasteiger partial charge on any atom is 0.306 e. The van der Waals surface area contributed by atoms with Gasteiger partial charge in [0, 0.05) is 32.4 Å². The van der Waals surface area contributed by atoms with Crippen LogP contribution in [0.15, 0.2) is 24.3 Å². The zero-order valence-electron chi connectivity index (χ0n) is 39.0. The molecule has 59 heavy (non-hydrogen) atoms. The molecule has 0 unspecified atom stereocenters. The van der Waals surface area contributed by atoms with Gasteiger partial charge in [0.15, 0.2) is 0 Å². The van der Waals surface area contributed by atoms with Crippen LogP contribution in [0.25, 0.3) is 0 Å². The van der Waals surface area contributed by atoms with Gasteiger partial charge < -0.3 is 18.9 Å². The molecule has 0 spiro atoms. The van der Waals surface area contributed by atoms with Crippen molar-refractivity contribution in [1.82, 2.24) is 4.90 Å².